The van der Waals surface area contributed by atoms with Crippen molar-refractivity contribution in [1.82, 2.24) is 10.2 Å². The number of hydrogen-bond donors (Lipinski definition) is 1. The van der Waals surface area contributed by atoms with Crippen LogP contribution in [0.1, 0.15) is 5.56 Å². The molecule has 4 amide bonds. The van der Waals surface area contributed by atoms with Crippen molar-refractivity contribution in [3.05, 3.63) is 53.4 Å². The molecular weight excluding hydrogens is 412 g/mol. The average molecular weight is 430 g/mol. The number of carbonyl (C=O) groups excluding carboxylic acids is 4. The van der Waals surface area contributed by atoms with Crippen LogP contribution in [0, 0.1) is 0 Å². The number of ether oxygens (including phenoxy) is 1. The second-order valence-electron chi connectivity index (χ2n) is 5.19. The summed E-state index contributed by atoms with van der Waals surface area (Å²) >= 11 is 0. The second-order valence-corrected chi connectivity index (χ2v) is 5.19. The minimum absolute atomic E-state index is 0. The van der Waals surface area contributed by atoms with E-state index in [9.17, 15) is 19.2 Å². The zero-order valence-corrected chi connectivity index (χ0v) is 19.4. The SMILES string of the molecule is O=C(COCCNC(=O)CN1C(=O)C=CC1=O)[N-]Cc1ccccc1.[Rb+]. The molecule has 26 heavy (non-hydrogen) atoms. The van der Waals surface area contributed by atoms with Crippen molar-refractivity contribution in [1.29, 1.82) is 0 Å². The van der Waals surface area contributed by atoms with Crippen molar-refractivity contribution in [2.24, 2.45) is 0 Å². The van der Waals surface area contributed by atoms with Crippen molar-refractivity contribution in [2.75, 3.05) is 26.3 Å². The van der Waals surface area contributed by atoms with E-state index in [1.54, 1.807) is 0 Å². The Hall–Kier alpha value is -1.19. The molecule has 132 valence electrons. The molecule has 0 saturated carbocycles. The molecule has 1 N–H and O–H groups in total. The summed E-state index contributed by atoms with van der Waals surface area (Å²) in [6, 6.07) is 9.37. The van der Waals surface area contributed by atoms with Crippen LogP contribution in [-0.2, 0) is 30.5 Å². The Morgan fingerprint density at radius 1 is 1.08 bits per heavy atom. The van der Waals surface area contributed by atoms with Gasteiger partial charge in [-0.25, -0.2) is 0 Å². The smallest absolute Gasteiger partial charge is 0.648 e. The molecule has 8 nitrogen and oxygen atoms in total. The molecule has 1 aliphatic heterocycles. The minimum atomic E-state index is -0.512. The van der Waals surface area contributed by atoms with Crippen LogP contribution in [0.3, 0.4) is 0 Å². The number of imide groups is 1. The predicted octanol–water partition coefficient (Wildman–Crippen LogP) is -2.85. The van der Waals surface area contributed by atoms with Crippen LogP contribution in [0.4, 0.5) is 0 Å². The summed E-state index contributed by atoms with van der Waals surface area (Å²) in [4.78, 5) is 46.6. The number of carbonyl (C=O) groups is 4. The third kappa shape index (κ3) is 8.00. The summed E-state index contributed by atoms with van der Waals surface area (Å²) in [6.45, 7) is 0.0738. The molecule has 0 unspecified atom stereocenters. The van der Waals surface area contributed by atoms with Gasteiger partial charge in [0, 0.05) is 18.7 Å². The Morgan fingerprint density at radius 2 is 1.73 bits per heavy atom. The van der Waals surface area contributed by atoms with E-state index < -0.39 is 17.7 Å². The summed E-state index contributed by atoms with van der Waals surface area (Å²) in [5.41, 5.74) is 0.934. The van der Waals surface area contributed by atoms with Crippen LogP contribution < -0.4 is 63.5 Å². The van der Waals surface area contributed by atoms with Crippen LogP contribution in [-0.4, -0.2) is 54.8 Å². The number of amides is 4. The maximum atomic E-state index is 11.6. The minimum Gasteiger partial charge on any atom is -0.648 e. The van der Waals surface area contributed by atoms with Crippen LogP contribution in [0.15, 0.2) is 42.5 Å². The van der Waals surface area contributed by atoms with Crippen LogP contribution >= 0.6 is 0 Å². The average Bonchev–Trinajstić information content (AvgIpc) is 2.92. The first kappa shape index (κ1) is 22.8. The van der Waals surface area contributed by atoms with E-state index in [1.807, 2.05) is 30.3 Å². The molecule has 1 aromatic rings. The summed E-state index contributed by atoms with van der Waals surface area (Å²) in [7, 11) is 0. The zero-order chi connectivity index (χ0) is 18.1. The molecule has 0 aliphatic carbocycles. The van der Waals surface area contributed by atoms with Crippen molar-refractivity contribution in [2.45, 2.75) is 6.54 Å². The van der Waals surface area contributed by atoms with E-state index in [-0.39, 0.29) is 90.4 Å². The van der Waals surface area contributed by atoms with Gasteiger partial charge in [0.15, 0.2) is 0 Å². The largest absolute Gasteiger partial charge is 1.00 e. The van der Waals surface area contributed by atoms with Gasteiger partial charge in [0.25, 0.3) is 11.8 Å². The Balaban J connectivity index is 0.00000338. The standard InChI is InChI=1S/C17H19N3O5.Rb/c21-14(11-20-16(23)6-7-17(20)24)18-8-9-25-12-15(22)19-10-13-4-2-1-3-5-13;/h1-7H,8-12H2,(H2,18,19,21,22);/q;+1/p-1. The molecule has 9 heteroatoms. The molecular formula is C17H18N3O5Rb. The summed E-state index contributed by atoms with van der Waals surface area (Å²) in [5, 5.41) is 6.37. The summed E-state index contributed by atoms with van der Waals surface area (Å²) in [5.74, 6) is -1.88. The van der Waals surface area contributed by atoms with Crippen molar-refractivity contribution >= 4 is 23.6 Å². The molecule has 1 aromatic carbocycles. The van der Waals surface area contributed by atoms with Crippen LogP contribution in [0.2, 0.25) is 0 Å². The van der Waals surface area contributed by atoms with Crippen molar-refractivity contribution < 1.29 is 82.1 Å². The third-order valence-electron chi connectivity index (χ3n) is 3.28. The number of nitrogens with zero attached hydrogens (tertiary/aromatic N) is 2. The molecule has 0 atom stereocenters. The van der Waals surface area contributed by atoms with Gasteiger partial charge >= 0.3 is 58.2 Å². The Labute approximate surface area is 200 Å². The molecule has 1 aliphatic rings. The zero-order valence-electron chi connectivity index (χ0n) is 14.5. The fraction of sp³-hybridized carbons (Fsp3) is 0.294. The number of nitrogens with one attached hydrogen (secondary N) is 1. The predicted molar refractivity (Wildman–Crippen MR) is 88.2 cm³/mol. The van der Waals surface area contributed by atoms with E-state index in [4.69, 9.17) is 4.74 Å². The maximum absolute atomic E-state index is 11.6. The fourth-order valence-electron chi connectivity index (χ4n) is 2.02. The van der Waals surface area contributed by atoms with E-state index >= 15 is 0 Å². The first-order valence-electron chi connectivity index (χ1n) is 7.68. The van der Waals surface area contributed by atoms with Gasteiger partial charge in [-0.05, 0) is 0 Å². The van der Waals surface area contributed by atoms with Crippen LogP contribution in [0.5, 0.6) is 0 Å². The number of hydrogen-bond acceptors (Lipinski definition) is 5. The molecule has 0 bridgehead atoms. The fourth-order valence-corrected chi connectivity index (χ4v) is 2.02. The first-order chi connectivity index (χ1) is 12.1. The second kappa shape index (κ2) is 12.2. The molecule has 2 rings (SSSR count). The van der Waals surface area contributed by atoms with Crippen molar-refractivity contribution in [3.63, 3.8) is 0 Å². The Morgan fingerprint density at radius 3 is 2.38 bits per heavy atom. The Bertz CT molecular complexity index is 660. The Kier molecular flexibility index (Phi) is 10.8. The molecule has 0 spiro atoms. The quantitative estimate of drug-likeness (QED) is 0.336. The topological polar surface area (TPSA) is 107 Å². The molecule has 0 saturated heterocycles. The monoisotopic (exact) mass is 429 g/mol. The van der Waals surface area contributed by atoms with E-state index in [1.165, 1.54) is 0 Å². The molecule has 1 heterocycles. The van der Waals surface area contributed by atoms with Gasteiger partial charge in [0.05, 0.1) is 19.1 Å². The third-order valence-corrected chi connectivity index (χ3v) is 3.28. The summed E-state index contributed by atoms with van der Waals surface area (Å²) < 4.78 is 5.13. The van der Waals surface area contributed by atoms with Crippen LogP contribution in [0.25, 0.3) is 5.32 Å². The van der Waals surface area contributed by atoms with Gasteiger partial charge < -0.3 is 20.2 Å². The number of rotatable bonds is 9. The normalized spacial score (nSPS) is 12.7. The molecule has 0 fully saturated rings. The maximum Gasteiger partial charge on any atom is 1.00 e. The van der Waals surface area contributed by atoms with Gasteiger partial charge in [-0.15, -0.1) is 6.54 Å². The van der Waals surface area contributed by atoms with E-state index in [0.717, 1.165) is 22.6 Å². The first-order valence-corrected chi connectivity index (χ1v) is 7.68. The summed E-state index contributed by atoms with van der Waals surface area (Å²) in [6.07, 6.45) is 2.23. The van der Waals surface area contributed by atoms with Gasteiger partial charge in [0.1, 0.15) is 6.54 Å². The van der Waals surface area contributed by atoms with Crippen molar-refractivity contribution in [3.8, 4) is 0 Å². The van der Waals surface area contributed by atoms with E-state index in [2.05, 4.69) is 10.6 Å². The van der Waals surface area contributed by atoms with E-state index in [0.29, 0.717) is 6.54 Å². The molecule has 0 radical (unpaired) electrons. The van der Waals surface area contributed by atoms with Gasteiger partial charge in [-0.1, -0.05) is 35.9 Å². The van der Waals surface area contributed by atoms with Gasteiger partial charge in [0.2, 0.25) is 5.91 Å². The number of benzene rings is 1. The van der Waals surface area contributed by atoms with Gasteiger partial charge in [-0.2, -0.15) is 0 Å². The van der Waals surface area contributed by atoms with Gasteiger partial charge in [-0.3, -0.25) is 19.3 Å². The molecule has 0 aromatic heterocycles.